The number of benzene rings is 2. The van der Waals surface area contributed by atoms with Crippen LogP contribution in [0.25, 0.3) is 11.1 Å². The highest BCUT2D eigenvalue weighted by Gasteiger charge is 2.52. The molecule has 1 spiro atoms. The summed E-state index contributed by atoms with van der Waals surface area (Å²) in [6.07, 6.45) is 5.90. The van der Waals surface area contributed by atoms with Crippen molar-refractivity contribution >= 4 is 23.4 Å². The van der Waals surface area contributed by atoms with Crippen LogP contribution >= 0.6 is 11.8 Å². The highest BCUT2D eigenvalue weighted by molar-refractivity contribution is 7.99. The van der Waals surface area contributed by atoms with Crippen molar-refractivity contribution in [2.75, 3.05) is 11.4 Å². The molecule has 142 valence electrons. The minimum Gasteiger partial charge on any atom is -0.309 e. The van der Waals surface area contributed by atoms with E-state index >= 15 is 0 Å². The van der Waals surface area contributed by atoms with Crippen molar-refractivity contribution in [3.8, 4) is 11.1 Å². The summed E-state index contributed by atoms with van der Waals surface area (Å²) in [7, 11) is 0. The average Bonchev–Trinajstić information content (AvgIpc) is 3.39. The highest BCUT2D eigenvalue weighted by Crippen LogP contribution is 2.58. The van der Waals surface area contributed by atoms with Crippen molar-refractivity contribution in [1.82, 2.24) is 9.97 Å². The summed E-state index contributed by atoms with van der Waals surface area (Å²) < 4.78 is 14.1. The molecule has 0 atom stereocenters. The zero-order chi connectivity index (χ0) is 19.3. The molecule has 2 aromatic carbocycles. The first-order chi connectivity index (χ1) is 13.6. The Bertz CT molecular complexity index is 1030. The standard InChI is InChI=1S/C23H22FN3S/c1-15(2)28-17-7-8-19-21(11-17)27(14-23(19)9-10-23)22-25-12-16(13-26-22)18-5-3-4-6-20(18)24/h3-8,11-13,15H,9-10,14H2,1-2H3. The van der Waals surface area contributed by atoms with Crippen LogP contribution in [0.3, 0.4) is 0 Å². The van der Waals surface area contributed by atoms with E-state index in [1.54, 1.807) is 24.5 Å². The molecular weight excluding hydrogens is 369 g/mol. The van der Waals surface area contributed by atoms with Gasteiger partial charge in [-0.2, -0.15) is 0 Å². The summed E-state index contributed by atoms with van der Waals surface area (Å²) in [5, 5.41) is 0.541. The van der Waals surface area contributed by atoms with Crippen molar-refractivity contribution < 1.29 is 4.39 Å². The van der Waals surface area contributed by atoms with Gasteiger partial charge in [-0.1, -0.05) is 38.1 Å². The first kappa shape index (κ1) is 17.7. The van der Waals surface area contributed by atoms with E-state index in [1.807, 2.05) is 17.8 Å². The third kappa shape index (κ3) is 2.98. The van der Waals surface area contributed by atoms with E-state index in [2.05, 4.69) is 46.9 Å². The lowest BCUT2D eigenvalue weighted by Gasteiger charge is -2.18. The maximum absolute atomic E-state index is 14.1. The Kier molecular flexibility index (Phi) is 4.16. The molecule has 2 aliphatic rings. The predicted molar refractivity (Wildman–Crippen MR) is 113 cm³/mol. The Morgan fingerprint density at radius 3 is 2.50 bits per heavy atom. The van der Waals surface area contributed by atoms with Gasteiger partial charge in [-0.25, -0.2) is 14.4 Å². The van der Waals surface area contributed by atoms with E-state index < -0.39 is 0 Å². The molecule has 28 heavy (non-hydrogen) atoms. The molecule has 2 heterocycles. The Hall–Kier alpha value is -2.40. The van der Waals surface area contributed by atoms with Crippen LogP contribution in [0.15, 0.2) is 59.8 Å². The van der Waals surface area contributed by atoms with Crippen molar-refractivity contribution in [3.63, 3.8) is 0 Å². The molecule has 3 nitrogen and oxygen atoms in total. The smallest absolute Gasteiger partial charge is 0.229 e. The summed E-state index contributed by atoms with van der Waals surface area (Å²) in [6, 6.07) is 13.6. The van der Waals surface area contributed by atoms with Crippen LogP contribution in [0.4, 0.5) is 16.0 Å². The molecule has 0 saturated heterocycles. The van der Waals surface area contributed by atoms with Crippen LogP contribution in [0, 0.1) is 5.82 Å². The number of thioether (sulfide) groups is 1. The fraction of sp³-hybridized carbons (Fsp3) is 0.304. The Balaban J connectivity index is 1.50. The summed E-state index contributed by atoms with van der Waals surface area (Å²) in [5.41, 5.74) is 4.14. The number of hydrogen-bond acceptors (Lipinski definition) is 4. The zero-order valence-corrected chi connectivity index (χ0v) is 16.8. The van der Waals surface area contributed by atoms with Gasteiger partial charge in [-0.05, 0) is 36.6 Å². The molecule has 0 unspecified atom stereocenters. The molecule has 0 radical (unpaired) electrons. The molecule has 1 aliphatic heterocycles. The lowest BCUT2D eigenvalue weighted by molar-refractivity contribution is 0.631. The number of halogens is 1. The number of fused-ring (bicyclic) bond motifs is 2. The SMILES string of the molecule is CC(C)Sc1ccc2c(c1)N(c1ncc(-c3ccccc3F)cn1)CC21CC1. The third-order valence-corrected chi connectivity index (χ3v) is 6.58. The summed E-state index contributed by atoms with van der Waals surface area (Å²) in [5.74, 6) is 0.439. The van der Waals surface area contributed by atoms with Crippen molar-refractivity contribution in [1.29, 1.82) is 0 Å². The molecule has 1 aliphatic carbocycles. The van der Waals surface area contributed by atoms with Crippen LogP contribution in [0.2, 0.25) is 0 Å². The number of nitrogens with zero attached hydrogens (tertiary/aromatic N) is 3. The van der Waals surface area contributed by atoms with Crippen molar-refractivity contribution in [2.45, 2.75) is 42.2 Å². The second-order valence-corrected chi connectivity index (χ2v) is 9.61. The van der Waals surface area contributed by atoms with Gasteiger partial charge in [0.15, 0.2) is 0 Å². The highest BCUT2D eigenvalue weighted by atomic mass is 32.2. The first-order valence-corrected chi connectivity index (χ1v) is 10.6. The Morgan fingerprint density at radius 2 is 1.82 bits per heavy atom. The van der Waals surface area contributed by atoms with Gasteiger partial charge < -0.3 is 4.90 Å². The summed E-state index contributed by atoms with van der Waals surface area (Å²) in [6.45, 7) is 5.35. The second kappa shape index (κ2) is 6.59. The van der Waals surface area contributed by atoms with Gasteiger partial charge in [-0.3, -0.25) is 0 Å². The van der Waals surface area contributed by atoms with E-state index in [0.29, 0.717) is 22.3 Å². The molecule has 0 amide bonds. The minimum atomic E-state index is -0.252. The molecular formula is C23H22FN3S. The molecule has 1 fully saturated rings. The van der Waals surface area contributed by atoms with Crippen molar-refractivity contribution in [3.05, 3.63) is 66.2 Å². The number of aromatic nitrogens is 2. The van der Waals surface area contributed by atoms with E-state index in [4.69, 9.17) is 0 Å². The predicted octanol–water partition coefficient (Wildman–Crippen LogP) is 5.97. The van der Waals surface area contributed by atoms with E-state index in [1.165, 1.54) is 35.1 Å². The maximum Gasteiger partial charge on any atom is 0.229 e. The van der Waals surface area contributed by atoms with Gasteiger partial charge >= 0.3 is 0 Å². The van der Waals surface area contributed by atoms with Gasteiger partial charge in [-0.15, -0.1) is 11.8 Å². The largest absolute Gasteiger partial charge is 0.309 e. The Morgan fingerprint density at radius 1 is 1.07 bits per heavy atom. The van der Waals surface area contributed by atoms with Crippen LogP contribution in [-0.4, -0.2) is 21.8 Å². The van der Waals surface area contributed by atoms with Gasteiger partial charge in [0.25, 0.3) is 0 Å². The number of rotatable bonds is 4. The van der Waals surface area contributed by atoms with E-state index in [9.17, 15) is 4.39 Å². The summed E-state index contributed by atoms with van der Waals surface area (Å²) >= 11 is 1.87. The first-order valence-electron chi connectivity index (χ1n) is 9.71. The molecule has 3 aromatic rings. The van der Waals surface area contributed by atoms with Crippen molar-refractivity contribution in [2.24, 2.45) is 0 Å². The minimum absolute atomic E-state index is 0.252. The van der Waals surface area contributed by atoms with Crippen LogP contribution in [-0.2, 0) is 5.41 Å². The number of anilines is 2. The third-order valence-electron chi connectivity index (χ3n) is 5.58. The quantitative estimate of drug-likeness (QED) is 0.513. The van der Waals surface area contributed by atoms with Gasteiger partial charge in [0.05, 0.1) is 0 Å². The fourth-order valence-electron chi connectivity index (χ4n) is 4.05. The molecule has 0 bridgehead atoms. The molecule has 5 rings (SSSR count). The lowest BCUT2D eigenvalue weighted by Crippen LogP contribution is -2.21. The molecule has 0 N–H and O–H groups in total. The van der Waals surface area contributed by atoms with Crippen LogP contribution in [0.5, 0.6) is 0 Å². The monoisotopic (exact) mass is 391 g/mol. The lowest BCUT2D eigenvalue weighted by atomic mass is 9.99. The molecule has 1 aromatic heterocycles. The number of hydrogen-bond donors (Lipinski definition) is 0. The Labute approximate surface area is 169 Å². The van der Waals surface area contributed by atoms with Crippen LogP contribution < -0.4 is 4.90 Å². The maximum atomic E-state index is 14.1. The van der Waals surface area contributed by atoms with Gasteiger partial charge in [0.2, 0.25) is 5.95 Å². The van der Waals surface area contributed by atoms with Gasteiger partial charge in [0.1, 0.15) is 5.82 Å². The summed E-state index contributed by atoms with van der Waals surface area (Å²) in [4.78, 5) is 12.7. The van der Waals surface area contributed by atoms with E-state index in [-0.39, 0.29) is 11.2 Å². The van der Waals surface area contributed by atoms with E-state index in [0.717, 1.165) is 6.54 Å². The fourth-order valence-corrected chi connectivity index (χ4v) is 4.92. The molecule has 5 heteroatoms. The van der Waals surface area contributed by atoms with Crippen LogP contribution in [0.1, 0.15) is 32.3 Å². The molecule has 1 saturated carbocycles. The topological polar surface area (TPSA) is 29.0 Å². The van der Waals surface area contributed by atoms with Gasteiger partial charge in [0, 0.05) is 51.3 Å². The second-order valence-electron chi connectivity index (χ2n) is 7.96. The normalized spacial score (nSPS) is 16.6. The average molecular weight is 392 g/mol. The zero-order valence-electron chi connectivity index (χ0n) is 16.0.